The van der Waals surface area contributed by atoms with Gasteiger partial charge in [-0.05, 0) is 6.42 Å². The fraction of sp³-hybridized carbons (Fsp3) is 1.00. The van der Waals surface area contributed by atoms with Gasteiger partial charge in [0.2, 0.25) is 0 Å². The molecular formula is C5H8F3O. The Morgan fingerprint density at radius 1 is 1.56 bits per heavy atom. The number of halogens is 3. The summed E-state index contributed by atoms with van der Waals surface area (Å²) in [5.41, 5.74) is 0. The van der Waals surface area contributed by atoms with Gasteiger partial charge in [0.1, 0.15) is 0 Å². The Balaban J connectivity index is 3.59. The number of rotatable bonds is 3. The topological polar surface area (TPSA) is 19.9 Å². The molecule has 4 heteroatoms. The zero-order chi connectivity index (χ0) is 7.49. The number of hydrogen-bond donors (Lipinski definition) is 0. The Morgan fingerprint density at radius 3 is 2.11 bits per heavy atom. The molecule has 1 nitrogen and oxygen atoms in total. The van der Waals surface area contributed by atoms with Crippen molar-refractivity contribution >= 4 is 0 Å². The van der Waals surface area contributed by atoms with Crippen LogP contribution in [0.5, 0.6) is 0 Å². The third-order valence-corrected chi connectivity index (χ3v) is 0.907. The van der Waals surface area contributed by atoms with Crippen molar-refractivity contribution in [3.63, 3.8) is 0 Å². The summed E-state index contributed by atoms with van der Waals surface area (Å²) in [7, 11) is 0. The zero-order valence-electron chi connectivity index (χ0n) is 5.03. The molecule has 0 aromatic heterocycles. The smallest absolute Gasteiger partial charge is 0.238 e. The normalized spacial score (nSPS) is 15.7. The average molecular weight is 141 g/mol. The van der Waals surface area contributed by atoms with Crippen molar-refractivity contribution in [3.8, 4) is 0 Å². The Hall–Kier alpha value is -0.250. The van der Waals surface area contributed by atoms with Crippen LogP contribution in [0.4, 0.5) is 13.2 Å². The lowest BCUT2D eigenvalue weighted by Gasteiger charge is -2.09. The quantitative estimate of drug-likeness (QED) is 0.573. The van der Waals surface area contributed by atoms with Crippen molar-refractivity contribution in [2.75, 3.05) is 0 Å². The maximum absolute atomic E-state index is 11.8. The van der Waals surface area contributed by atoms with Crippen molar-refractivity contribution in [1.29, 1.82) is 0 Å². The third kappa shape index (κ3) is 3.35. The van der Waals surface area contributed by atoms with Crippen LogP contribution in [0.1, 0.15) is 19.8 Å². The molecule has 0 heterocycles. The van der Waals surface area contributed by atoms with Crippen molar-refractivity contribution < 1.29 is 18.3 Å². The fourth-order valence-electron chi connectivity index (χ4n) is 0.421. The van der Waals surface area contributed by atoms with E-state index in [-0.39, 0.29) is 12.8 Å². The first-order valence-electron chi connectivity index (χ1n) is 2.70. The molecule has 0 aliphatic heterocycles. The molecule has 0 aromatic rings. The predicted octanol–water partition coefficient (Wildman–Crippen LogP) is 2.15. The van der Waals surface area contributed by atoms with E-state index in [0.717, 1.165) is 0 Å². The summed E-state index contributed by atoms with van der Waals surface area (Å²) >= 11 is 0. The minimum Gasteiger partial charge on any atom is -0.238 e. The molecule has 0 spiro atoms. The average Bonchev–Trinajstić information content (AvgIpc) is 1.64. The first-order chi connectivity index (χ1) is 3.98. The summed E-state index contributed by atoms with van der Waals surface area (Å²) in [5.74, 6) is 0. The van der Waals surface area contributed by atoms with Gasteiger partial charge in [-0.15, -0.1) is 0 Å². The van der Waals surface area contributed by atoms with Gasteiger partial charge >= 0.3 is 6.11 Å². The van der Waals surface area contributed by atoms with Crippen molar-refractivity contribution in [3.05, 3.63) is 0 Å². The van der Waals surface area contributed by atoms with Crippen LogP contribution in [-0.4, -0.2) is 12.3 Å². The highest BCUT2D eigenvalue weighted by Crippen LogP contribution is 2.21. The van der Waals surface area contributed by atoms with Crippen molar-refractivity contribution in [2.45, 2.75) is 32.0 Å². The molecule has 0 saturated carbocycles. The van der Waals surface area contributed by atoms with Gasteiger partial charge < -0.3 is 0 Å². The maximum Gasteiger partial charge on any atom is 0.411 e. The van der Waals surface area contributed by atoms with Crippen LogP contribution in [0.15, 0.2) is 0 Å². The van der Waals surface area contributed by atoms with Gasteiger partial charge in [0.15, 0.2) is 6.17 Å². The first kappa shape index (κ1) is 8.75. The lowest BCUT2D eigenvalue weighted by molar-refractivity contribution is -0.278. The second-order valence-corrected chi connectivity index (χ2v) is 1.82. The fourth-order valence-corrected chi connectivity index (χ4v) is 0.421. The minimum atomic E-state index is -4.41. The molecule has 9 heavy (non-hydrogen) atoms. The second-order valence-electron chi connectivity index (χ2n) is 1.82. The molecule has 0 aliphatic carbocycles. The summed E-state index contributed by atoms with van der Waals surface area (Å²) < 4.78 is 34.6. The molecule has 0 saturated heterocycles. The standard InChI is InChI=1S/C5H8F3O/c1-2-3-4(6)5(7,8)9/h4H,2-3H2,1H3. The largest absolute Gasteiger partial charge is 0.411 e. The predicted molar refractivity (Wildman–Crippen MR) is 25.4 cm³/mol. The minimum absolute atomic E-state index is 0.263. The van der Waals surface area contributed by atoms with E-state index >= 15 is 0 Å². The van der Waals surface area contributed by atoms with E-state index in [2.05, 4.69) is 0 Å². The molecule has 1 atom stereocenters. The second kappa shape index (κ2) is 3.06. The van der Waals surface area contributed by atoms with E-state index in [4.69, 9.17) is 0 Å². The monoisotopic (exact) mass is 141 g/mol. The summed E-state index contributed by atoms with van der Waals surface area (Å²) in [5, 5.41) is 9.49. The number of alkyl halides is 3. The molecule has 1 unspecified atom stereocenters. The highest BCUT2D eigenvalue weighted by molar-refractivity contribution is 4.62. The molecule has 0 aliphatic rings. The summed E-state index contributed by atoms with van der Waals surface area (Å²) in [6.45, 7) is 1.54. The first-order valence-corrected chi connectivity index (χ1v) is 2.70. The molecule has 0 N–H and O–H groups in total. The van der Waals surface area contributed by atoms with Crippen LogP contribution in [0.2, 0.25) is 0 Å². The Kier molecular flexibility index (Phi) is 2.97. The van der Waals surface area contributed by atoms with Crippen molar-refractivity contribution in [1.82, 2.24) is 0 Å². The Labute approximate surface area is 51.5 Å². The number of hydrogen-bond acceptors (Lipinski definition) is 0. The summed E-state index contributed by atoms with van der Waals surface area (Å²) in [4.78, 5) is 0. The van der Waals surface area contributed by atoms with Gasteiger partial charge in [0.25, 0.3) is 0 Å². The van der Waals surface area contributed by atoms with E-state index in [1.165, 1.54) is 0 Å². The Morgan fingerprint density at radius 2 is 2.00 bits per heavy atom. The molecule has 55 valence electrons. The molecule has 0 amide bonds. The van der Waals surface area contributed by atoms with Crippen LogP contribution in [-0.2, 0) is 5.11 Å². The summed E-state index contributed by atoms with van der Waals surface area (Å²) in [6, 6.07) is 0. The van der Waals surface area contributed by atoms with Gasteiger partial charge in [-0.25, -0.2) is 4.39 Å². The van der Waals surface area contributed by atoms with Crippen LogP contribution in [0.3, 0.4) is 0 Å². The highest BCUT2D eigenvalue weighted by atomic mass is 19.3. The van der Waals surface area contributed by atoms with E-state index in [1.807, 2.05) is 0 Å². The van der Waals surface area contributed by atoms with Gasteiger partial charge in [0, 0.05) is 0 Å². The highest BCUT2D eigenvalue weighted by Gasteiger charge is 2.38. The molecule has 0 bridgehead atoms. The van der Waals surface area contributed by atoms with Crippen LogP contribution >= 0.6 is 0 Å². The van der Waals surface area contributed by atoms with Gasteiger partial charge in [0.05, 0.1) is 0 Å². The molecule has 0 aromatic carbocycles. The molecular weight excluding hydrogens is 133 g/mol. The summed E-state index contributed by atoms with van der Waals surface area (Å²) in [6.07, 6.45) is -7.03. The zero-order valence-corrected chi connectivity index (χ0v) is 5.03. The third-order valence-electron chi connectivity index (χ3n) is 0.907. The molecule has 1 radical (unpaired) electrons. The van der Waals surface area contributed by atoms with Crippen LogP contribution in [0, 0.1) is 0 Å². The lowest BCUT2D eigenvalue weighted by atomic mass is 10.2. The van der Waals surface area contributed by atoms with Gasteiger partial charge in [-0.2, -0.15) is 13.9 Å². The SMILES string of the molecule is CCCC(F)C([O])(F)F. The Bertz CT molecular complexity index is 78.8. The van der Waals surface area contributed by atoms with E-state index in [1.54, 1.807) is 6.92 Å². The van der Waals surface area contributed by atoms with Crippen LogP contribution < -0.4 is 0 Å². The van der Waals surface area contributed by atoms with Gasteiger partial charge in [-0.3, -0.25) is 0 Å². The van der Waals surface area contributed by atoms with E-state index in [0.29, 0.717) is 0 Å². The van der Waals surface area contributed by atoms with Gasteiger partial charge in [-0.1, -0.05) is 13.3 Å². The van der Waals surface area contributed by atoms with E-state index in [9.17, 15) is 18.3 Å². The molecule has 0 rings (SSSR count). The van der Waals surface area contributed by atoms with Crippen LogP contribution in [0.25, 0.3) is 0 Å². The lowest BCUT2D eigenvalue weighted by Crippen LogP contribution is -2.27. The van der Waals surface area contributed by atoms with E-state index < -0.39 is 12.3 Å². The molecule has 0 fully saturated rings. The maximum atomic E-state index is 11.8. The van der Waals surface area contributed by atoms with Crippen molar-refractivity contribution in [2.24, 2.45) is 0 Å².